The van der Waals surface area contributed by atoms with E-state index in [1.54, 1.807) is 18.2 Å². The van der Waals surface area contributed by atoms with Gasteiger partial charge in [0.05, 0.1) is 21.5 Å². The average molecular weight is 250 g/mol. The van der Waals surface area contributed by atoms with Gasteiger partial charge in [-0.15, -0.1) is 0 Å². The Morgan fingerprint density at radius 3 is 2.50 bits per heavy atom. The second-order valence-corrected chi connectivity index (χ2v) is 4.26. The lowest BCUT2D eigenvalue weighted by molar-refractivity contribution is -0.113. The van der Waals surface area contributed by atoms with Crippen molar-refractivity contribution in [1.82, 2.24) is 0 Å². The number of nitrogens with one attached hydrogen (secondary N) is 1. The standard InChI is InChI=1S/C9H9Cl2NOS/c1-14-5-8(13)12-9-6(10)3-2-4-7(9)11/h2-4H,5H2,1H3,(H,12,13). The monoisotopic (exact) mass is 249 g/mol. The van der Waals surface area contributed by atoms with Gasteiger partial charge in [0, 0.05) is 0 Å². The molecule has 0 heterocycles. The van der Waals surface area contributed by atoms with Gasteiger partial charge >= 0.3 is 0 Å². The van der Waals surface area contributed by atoms with Crippen molar-refractivity contribution >= 4 is 46.6 Å². The number of rotatable bonds is 3. The summed E-state index contributed by atoms with van der Waals surface area (Å²) in [5, 5.41) is 3.56. The molecule has 0 fully saturated rings. The van der Waals surface area contributed by atoms with Crippen LogP contribution in [0, 0.1) is 0 Å². The minimum Gasteiger partial charge on any atom is -0.323 e. The van der Waals surface area contributed by atoms with Gasteiger partial charge in [0.15, 0.2) is 0 Å². The summed E-state index contributed by atoms with van der Waals surface area (Å²) < 4.78 is 0. The molecule has 0 aliphatic carbocycles. The summed E-state index contributed by atoms with van der Waals surface area (Å²) in [5.74, 6) is 0.286. The topological polar surface area (TPSA) is 29.1 Å². The summed E-state index contributed by atoms with van der Waals surface area (Å²) in [6, 6.07) is 5.10. The van der Waals surface area contributed by atoms with Crippen LogP contribution in [0.25, 0.3) is 0 Å². The molecule has 0 unspecified atom stereocenters. The van der Waals surface area contributed by atoms with Crippen molar-refractivity contribution in [2.75, 3.05) is 17.3 Å². The van der Waals surface area contributed by atoms with Crippen molar-refractivity contribution in [3.05, 3.63) is 28.2 Å². The van der Waals surface area contributed by atoms with E-state index in [0.29, 0.717) is 21.5 Å². The number of amides is 1. The average Bonchev–Trinajstić information content (AvgIpc) is 2.12. The molecule has 76 valence electrons. The fourth-order valence-electron chi connectivity index (χ4n) is 0.924. The highest BCUT2D eigenvalue weighted by Crippen LogP contribution is 2.29. The normalized spacial score (nSPS) is 9.93. The Labute approximate surface area is 97.0 Å². The van der Waals surface area contributed by atoms with Crippen molar-refractivity contribution in [2.24, 2.45) is 0 Å². The Bertz CT molecular complexity index is 323. The predicted octanol–water partition coefficient (Wildman–Crippen LogP) is 3.29. The Kier molecular flexibility index (Phi) is 4.58. The van der Waals surface area contributed by atoms with Crippen LogP contribution in [-0.4, -0.2) is 17.9 Å². The predicted molar refractivity (Wildman–Crippen MR) is 63.5 cm³/mol. The van der Waals surface area contributed by atoms with Crippen LogP contribution in [0.2, 0.25) is 10.0 Å². The molecular formula is C9H9Cl2NOS. The Morgan fingerprint density at radius 2 is 2.00 bits per heavy atom. The zero-order valence-corrected chi connectivity index (χ0v) is 9.84. The molecule has 0 bridgehead atoms. The van der Waals surface area contributed by atoms with Gasteiger partial charge in [-0.3, -0.25) is 4.79 Å². The lowest BCUT2D eigenvalue weighted by Gasteiger charge is -2.07. The van der Waals surface area contributed by atoms with Crippen LogP contribution in [0.3, 0.4) is 0 Å². The van der Waals surface area contributed by atoms with E-state index in [1.807, 2.05) is 6.26 Å². The Balaban J connectivity index is 2.80. The number of anilines is 1. The van der Waals surface area contributed by atoms with Gasteiger partial charge in [0.25, 0.3) is 0 Å². The first kappa shape index (κ1) is 11.7. The number of carbonyl (C=O) groups excluding carboxylic acids is 1. The summed E-state index contributed by atoms with van der Waals surface area (Å²) in [6.45, 7) is 0. The molecule has 0 radical (unpaired) electrons. The van der Waals surface area contributed by atoms with Crippen LogP contribution in [-0.2, 0) is 4.79 Å². The number of thioether (sulfide) groups is 1. The van der Waals surface area contributed by atoms with Crippen molar-refractivity contribution in [2.45, 2.75) is 0 Å². The van der Waals surface area contributed by atoms with Crippen molar-refractivity contribution in [3.8, 4) is 0 Å². The summed E-state index contributed by atoms with van der Waals surface area (Å²) in [6.07, 6.45) is 1.85. The molecule has 2 nitrogen and oxygen atoms in total. The summed E-state index contributed by atoms with van der Waals surface area (Å²) in [7, 11) is 0. The van der Waals surface area contributed by atoms with Crippen LogP contribution < -0.4 is 5.32 Å². The summed E-state index contributed by atoms with van der Waals surface area (Å²) >= 11 is 13.2. The summed E-state index contributed by atoms with van der Waals surface area (Å²) in [4.78, 5) is 11.3. The third kappa shape index (κ3) is 3.08. The quantitative estimate of drug-likeness (QED) is 0.891. The lowest BCUT2D eigenvalue weighted by atomic mass is 10.3. The molecule has 0 aliphatic rings. The first-order valence-corrected chi connectivity index (χ1v) is 6.03. The molecule has 5 heteroatoms. The van der Waals surface area contributed by atoms with Crippen molar-refractivity contribution in [3.63, 3.8) is 0 Å². The second-order valence-electron chi connectivity index (χ2n) is 2.58. The van der Waals surface area contributed by atoms with E-state index >= 15 is 0 Å². The van der Waals surface area contributed by atoms with Gasteiger partial charge in [0.1, 0.15) is 0 Å². The molecular weight excluding hydrogens is 241 g/mol. The molecule has 1 aromatic carbocycles. The highest BCUT2D eigenvalue weighted by Gasteiger charge is 2.08. The fourth-order valence-corrected chi connectivity index (χ4v) is 1.75. The van der Waals surface area contributed by atoms with E-state index < -0.39 is 0 Å². The molecule has 14 heavy (non-hydrogen) atoms. The van der Waals surface area contributed by atoms with E-state index in [1.165, 1.54) is 11.8 Å². The van der Waals surface area contributed by atoms with Gasteiger partial charge in [-0.05, 0) is 18.4 Å². The number of hydrogen-bond donors (Lipinski definition) is 1. The van der Waals surface area contributed by atoms with Crippen LogP contribution in [0.5, 0.6) is 0 Å². The zero-order valence-electron chi connectivity index (χ0n) is 7.51. The minimum absolute atomic E-state index is 0.104. The molecule has 0 aromatic heterocycles. The highest BCUT2D eigenvalue weighted by atomic mass is 35.5. The van der Waals surface area contributed by atoms with Crippen LogP contribution in [0.1, 0.15) is 0 Å². The molecule has 0 atom stereocenters. The van der Waals surface area contributed by atoms with E-state index in [9.17, 15) is 4.79 Å². The molecule has 0 saturated heterocycles. The largest absolute Gasteiger partial charge is 0.323 e. The van der Waals surface area contributed by atoms with Crippen LogP contribution in [0.15, 0.2) is 18.2 Å². The molecule has 0 aliphatic heterocycles. The Hall–Kier alpha value is -0.380. The van der Waals surface area contributed by atoms with Crippen molar-refractivity contribution < 1.29 is 4.79 Å². The number of benzene rings is 1. The number of hydrogen-bond acceptors (Lipinski definition) is 2. The van der Waals surface area contributed by atoms with Gasteiger partial charge in [-0.1, -0.05) is 29.3 Å². The SMILES string of the molecule is CSCC(=O)Nc1c(Cl)cccc1Cl. The molecule has 1 N–H and O–H groups in total. The molecule has 1 amide bonds. The molecule has 1 aromatic rings. The number of halogens is 2. The number of carbonyl (C=O) groups is 1. The van der Waals surface area contributed by atoms with E-state index in [2.05, 4.69) is 5.32 Å². The molecule has 0 saturated carbocycles. The van der Waals surface area contributed by atoms with Gasteiger partial charge < -0.3 is 5.32 Å². The summed E-state index contributed by atoms with van der Waals surface area (Å²) in [5.41, 5.74) is 0.481. The highest BCUT2D eigenvalue weighted by molar-refractivity contribution is 7.99. The maximum absolute atomic E-state index is 11.3. The minimum atomic E-state index is -0.104. The van der Waals surface area contributed by atoms with Gasteiger partial charge in [-0.25, -0.2) is 0 Å². The Morgan fingerprint density at radius 1 is 1.43 bits per heavy atom. The lowest BCUT2D eigenvalue weighted by Crippen LogP contribution is -2.14. The van der Waals surface area contributed by atoms with E-state index in [0.717, 1.165) is 0 Å². The third-order valence-corrected chi connectivity index (χ3v) is 2.68. The zero-order chi connectivity index (χ0) is 10.6. The van der Waals surface area contributed by atoms with Crippen LogP contribution in [0.4, 0.5) is 5.69 Å². The molecule has 0 spiro atoms. The second kappa shape index (κ2) is 5.49. The maximum Gasteiger partial charge on any atom is 0.234 e. The van der Waals surface area contributed by atoms with Gasteiger partial charge in [0.2, 0.25) is 5.91 Å². The number of para-hydroxylation sites is 1. The smallest absolute Gasteiger partial charge is 0.234 e. The van der Waals surface area contributed by atoms with E-state index in [4.69, 9.17) is 23.2 Å². The van der Waals surface area contributed by atoms with E-state index in [-0.39, 0.29) is 5.91 Å². The van der Waals surface area contributed by atoms with Crippen molar-refractivity contribution in [1.29, 1.82) is 0 Å². The van der Waals surface area contributed by atoms with Gasteiger partial charge in [-0.2, -0.15) is 11.8 Å². The van der Waals surface area contributed by atoms with Crippen LogP contribution >= 0.6 is 35.0 Å². The maximum atomic E-state index is 11.3. The first-order chi connectivity index (χ1) is 6.65. The fraction of sp³-hybridized carbons (Fsp3) is 0.222. The third-order valence-electron chi connectivity index (χ3n) is 1.50. The first-order valence-electron chi connectivity index (χ1n) is 3.88. The molecule has 1 rings (SSSR count).